The van der Waals surface area contributed by atoms with Crippen LogP contribution in [0.15, 0.2) is 29.2 Å². The number of benzene rings is 1. The number of thioether (sulfide) groups is 1. The monoisotopic (exact) mass is 294 g/mol. The molecule has 20 heavy (non-hydrogen) atoms. The van der Waals surface area contributed by atoms with E-state index in [1.54, 1.807) is 11.8 Å². The molecule has 0 fully saturated rings. The minimum Gasteiger partial charge on any atom is -0.352 e. The zero-order chi connectivity index (χ0) is 15.1. The van der Waals surface area contributed by atoms with Crippen LogP contribution in [0.25, 0.3) is 0 Å². The molecular formula is C16H26N2OS. The molecule has 0 aliphatic carbocycles. The number of carbonyl (C=O) groups excluding carboxylic acids is 1. The van der Waals surface area contributed by atoms with Crippen LogP contribution in [0.4, 0.5) is 0 Å². The summed E-state index contributed by atoms with van der Waals surface area (Å²) in [7, 11) is 0. The van der Waals surface area contributed by atoms with Gasteiger partial charge in [-0.25, -0.2) is 0 Å². The number of nitrogens with one attached hydrogen (secondary N) is 1. The summed E-state index contributed by atoms with van der Waals surface area (Å²) in [6.45, 7) is 8.10. The van der Waals surface area contributed by atoms with Gasteiger partial charge in [-0.1, -0.05) is 26.0 Å². The third-order valence-electron chi connectivity index (χ3n) is 3.40. The Labute approximate surface area is 126 Å². The van der Waals surface area contributed by atoms with Crippen LogP contribution >= 0.6 is 11.8 Å². The van der Waals surface area contributed by atoms with Crippen LogP contribution in [0.1, 0.15) is 52.1 Å². The zero-order valence-corrected chi connectivity index (χ0v) is 13.7. The van der Waals surface area contributed by atoms with Crippen molar-refractivity contribution in [2.45, 2.75) is 62.8 Å². The maximum atomic E-state index is 12.1. The molecule has 3 N–H and O–H groups in total. The van der Waals surface area contributed by atoms with E-state index in [9.17, 15) is 4.79 Å². The molecule has 2 atom stereocenters. The van der Waals surface area contributed by atoms with Gasteiger partial charge in [0.1, 0.15) is 0 Å². The van der Waals surface area contributed by atoms with Crippen LogP contribution < -0.4 is 11.1 Å². The van der Waals surface area contributed by atoms with Crippen LogP contribution in [-0.2, 0) is 4.79 Å². The van der Waals surface area contributed by atoms with E-state index in [-0.39, 0.29) is 23.2 Å². The standard InChI is InChI=1S/C16H26N2OS/c1-5-14(6-2)18-16(19)12(4)20-15-9-7-8-13(10-15)11(3)17/h7-12,14H,5-6,17H2,1-4H3,(H,18,19). The fourth-order valence-electron chi connectivity index (χ4n) is 1.94. The molecule has 3 nitrogen and oxygen atoms in total. The van der Waals surface area contributed by atoms with E-state index in [1.165, 1.54) is 0 Å². The smallest absolute Gasteiger partial charge is 0.233 e. The second kappa shape index (κ2) is 8.32. The molecule has 1 amide bonds. The van der Waals surface area contributed by atoms with Gasteiger partial charge in [0.15, 0.2) is 0 Å². The second-order valence-corrected chi connectivity index (χ2v) is 6.56. The number of carbonyl (C=O) groups is 1. The molecule has 0 aromatic heterocycles. The molecule has 112 valence electrons. The van der Waals surface area contributed by atoms with Gasteiger partial charge in [0.2, 0.25) is 5.91 Å². The molecular weight excluding hydrogens is 268 g/mol. The van der Waals surface area contributed by atoms with Gasteiger partial charge in [-0.2, -0.15) is 0 Å². The van der Waals surface area contributed by atoms with Gasteiger partial charge in [0.05, 0.1) is 5.25 Å². The molecule has 1 rings (SSSR count). The van der Waals surface area contributed by atoms with E-state index in [0.29, 0.717) is 0 Å². The van der Waals surface area contributed by atoms with Crippen molar-refractivity contribution in [1.82, 2.24) is 5.32 Å². The summed E-state index contributed by atoms with van der Waals surface area (Å²) in [5.41, 5.74) is 6.99. The number of nitrogens with two attached hydrogens (primary N) is 1. The van der Waals surface area contributed by atoms with Crippen LogP contribution in [0.3, 0.4) is 0 Å². The van der Waals surface area contributed by atoms with Crippen molar-refractivity contribution in [1.29, 1.82) is 0 Å². The third kappa shape index (κ3) is 5.17. The molecule has 0 saturated carbocycles. The Kier molecular flexibility index (Phi) is 7.10. The molecule has 0 heterocycles. The highest BCUT2D eigenvalue weighted by molar-refractivity contribution is 8.00. The van der Waals surface area contributed by atoms with Crippen molar-refractivity contribution in [3.05, 3.63) is 29.8 Å². The van der Waals surface area contributed by atoms with Gasteiger partial charge in [-0.15, -0.1) is 11.8 Å². The maximum absolute atomic E-state index is 12.1. The number of amides is 1. The van der Waals surface area contributed by atoms with E-state index in [1.807, 2.05) is 32.0 Å². The van der Waals surface area contributed by atoms with Crippen LogP contribution in [0.5, 0.6) is 0 Å². The molecule has 0 bridgehead atoms. The number of hydrogen-bond acceptors (Lipinski definition) is 3. The first-order valence-electron chi connectivity index (χ1n) is 7.30. The molecule has 4 heteroatoms. The van der Waals surface area contributed by atoms with E-state index in [0.717, 1.165) is 23.3 Å². The molecule has 0 saturated heterocycles. The normalized spacial score (nSPS) is 14.1. The van der Waals surface area contributed by atoms with Crippen LogP contribution in [-0.4, -0.2) is 17.2 Å². The SMILES string of the molecule is CCC(CC)NC(=O)C(C)Sc1cccc(C(C)N)c1. The first kappa shape index (κ1) is 17.1. The average molecular weight is 294 g/mol. The third-order valence-corrected chi connectivity index (χ3v) is 4.49. The average Bonchev–Trinajstić information content (AvgIpc) is 2.44. The van der Waals surface area contributed by atoms with Gasteiger partial charge < -0.3 is 11.1 Å². The van der Waals surface area contributed by atoms with Crippen LogP contribution in [0, 0.1) is 0 Å². The Hall–Kier alpha value is -1.00. The van der Waals surface area contributed by atoms with E-state index in [2.05, 4.69) is 25.2 Å². The highest BCUT2D eigenvalue weighted by Gasteiger charge is 2.17. The highest BCUT2D eigenvalue weighted by atomic mass is 32.2. The quantitative estimate of drug-likeness (QED) is 0.757. The van der Waals surface area contributed by atoms with E-state index < -0.39 is 0 Å². The minimum atomic E-state index is -0.0982. The Morgan fingerprint density at radius 1 is 1.30 bits per heavy atom. The summed E-state index contributed by atoms with van der Waals surface area (Å²) in [4.78, 5) is 13.2. The van der Waals surface area contributed by atoms with Crippen molar-refractivity contribution < 1.29 is 4.79 Å². The topological polar surface area (TPSA) is 55.1 Å². The molecule has 2 unspecified atom stereocenters. The lowest BCUT2D eigenvalue weighted by Crippen LogP contribution is -2.38. The lowest BCUT2D eigenvalue weighted by atomic mass is 10.1. The number of rotatable bonds is 7. The summed E-state index contributed by atoms with van der Waals surface area (Å²) < 4.78 is 0. The molecule has 0 aliphatic rings. The minimum absolute atomic E-state index is 0.0178. The van der Waals surface area contributed by atoms with Gasteiger partial charge in [-0.05, 0) is 44.4 Å². The predicted octanol–water partition coefficient (Wildman–Crippen LogP) is 3.49. The number of hydrogen-bond donors (Lipinski definition) is 2. The van der Waals surface area contributed by atoms with Gasteiger partial charge in [0, 0.05) is 17.0 Å². The lowest BCUT2D eigenvalue weighted by Gasteiger charge is -2.18. The lowest BCUT2D eigenvalue weighted by molar-refractivity contribution is -0.121. The van der Waals surface area contributed by atoms with Gasteiger partial charge in [0.25, 0.3) is 0 Å². The fourth-order valence-corrected chi connectivity index (χ4v) is 2.88. The van der Waals surface area contributed by atoms with Crippen molar-refractivity contribution in [2.24, 2.45) is 5.73 Å². The fraction of sp³-hybridized carbons (Fsp3) is 0.562. The summed E-state index contributed by atoms with van der Waals surface area (Å²) in [6.07, 6.45) is 1.94. The Balaban J connectivity index is 2.63. The Bertz CT molecular complexity index is 430. The van der Waals surface area contributed by atoms with E-state index in [4.69, 9.17) is 5.73 Å². The van der Waals surface area contributed by atoms with Crippen molar-refractivity contribution >= 4 is 17.7 Å². The summed E-state index contributed by atoms with van der Waals surface area (Å²) in [5, 5.41) is 2.99. The summed E-state index contributed by atoms with van der Waals surface area (Å²) >= 11 is 1.58. The highest BCUT2D eigenvalue weighted by Crippen LogP contribution is 2.25. The van der Waals surface area contributed by atoms with Crippen LogP contribution in [0.2, 0.25) is 0 Å². The molecule has 1 aromatic rings. The Morgan fingerprint density at radius 3 is 2.50 bits per heavy atom. The summed E-state index contributed by atoms with van der Waals surface area (Å²) in [5.74, 6) is 0.106. The molecule has 0 aliphatic heterocycles. The van der Waals surface area contributed by atoms with Gasteiger partial charge >= 0.3 is 0 Å². The summed E-state index contributed by atoms with van der Waals surface area (Å²) in [6, 6.07) is 8.40. The molecule has 1 aromatic carbocycles. The second-order valence-electron chi connectivity index (χ2n) is 5.14. The molecule has 0 spiro atoms. The van der Waals surface area contributed by atoms with Crippen molar-refractivity contribution in [3.8, 4) is 0 Å². The first-order chi connectivity index (χ1) is 9.47. The zero-order valence-electron chi connectivity index (χ0n) is 12.8. The van der Waals surface area contributed by atoms with Crippen molar-refractivity contribution in [2.75, 3.05) is 0 Å². The first-order valence-corrected chi connectivity index (χ1v) is 8.18. The predicted molar refractivity (Wildman–Crippen MR) is 86.9 cm³/mol. The molecule has 0 radical (unpaired) electrons. The van der Waals surface area contributed by atoms with E-state index >= 15 is 0 Å². The van der Waals surface area contributed by atoms with Crippen molar-refractivity contribution in [3.63, 3.8) is 0 Å². The maximum Gasteiger partial charge on any atom is 0.233 e. The van der Waals surface area contributed by atoms with Gasteiger partial charge in [-0.3, -0.25) is 4.79 Å². The largest absolute Gasteiger partial charge is 0.352 e. The Morgan fingerprint density at radius 2 is 1.95 bits per heavy atom.